The van der Waals surface area contributed by atoms with E-state index in [2.05, 4.69) is 91.0 Å². The molecule has 0 saturated carbocycles. The predicted molar refractivity (Wildman–Crippen MR) is 196 cm³/mol. The van der Waals surface area contributed by atoms with Crippen molar-refractivity contribution in [3.05, 3.63) is 207 Å². The number of halogens is 20. The van der Waals surface area contributed by atoms with Crippen molar-refractivity contribution < 1.29 is 87.8 Å². The van der Waals surface area contributed by atoms with Gasteiger partial charge in [-0.2, -0.15) is 0 Å². The zero-order valence-electron chi connectivity index (χ0n) is 30.8. The lowest BCUT2D eigenvalue weighted by Crippen LogP contribution is -2.81. The molecule has 0 saturated heterocycles. The van der Waals surface area contributed by atoms with Crippen molar-refractivity contribution in [3.63, 3.8) is 0 Å². The van der Waals surface area contributed by atoms with E-state index in [4.69, 9.17) is 0 Å². The summed E-state index contributed by atoms with van der Waals surface area (Å²) in [5, 5.41) is 4.31. The Labute approximate surface area is 346 Å². The highest BCUT2D eigenvalue weighted by Gasteiger charge is 2.52. The first kappa shape index (κ1) is 47.1. The molecular formula is C42H16BF20P. The summed E-state index contributed by atoms with van der Waals surface area (Å²) < 4.78 is 294. The molecule has 0 aromatic heterocycles. The second-order valence-corrected chi connectivity index (χ2v) is 15.8. The van der Waals surface area contributed by atoms with Crippen LogP contribution in [0, 0.1) is 116 Å². The van der Waals surface area contributed by atoms with E-state index >= 15 is 35.1 Å². The molecule has 0 nitrogen and oxygen atoms in total. The molecule has 7 rings (SSSR count). The molecule has 0 radical (unpaired) electrons. The van der Waals surface area contributed by atoms with Gasteiger partial charge in [0.15, 0.2) is 69.8 Å². The second kappa shape index (κ2) is 18.0. The molecule has 0 amide bonds. The van der Waals surface area contributed by atoms with Gasteiger partial charge in [0.05, 0.1) is 7.92 Å². The van der Waals surface area contributed by atoms with Crippen molar-refractivity contribution in [3.8, 4) is 0 Å². The van der Waals surface area contributed by atoms with Crippen molar-refractivity contribution in [2.24, 2.45) is 0 Å². The van der Waals surface area contributed by atoms with Crippen molar-refractivity contribution in [2.75, 3.05) is 0 Å². The Morgan fingerprint density at radius 1 is 0.203 bits per heavy atom. The third-order valence-electron chi connectivity index (χ3n) is 9.89. The lowest BCUT2D eigenvalue weighted by atomic mass is 9.12. The van der Waals surface area contributed by atoms with Crippen LogP contribution in [0.25, 0.3) is 0 Å². The lowest BCUT2D eigenvalue weighted by Gasteiger charge is -2.44. The maximum absolute atomic E-state index is 15.4. The minimum absolute atomic E-state index is 0.877. The molecule has 0 aliphatic rings. The van der Waals surface area contributed by atoms with E-state index in [1.807, 2.05) is 0 Å². The molecule has 0 heterocycles. The van der Waals surface area contributed by atoms with Crippen LogP contribution < -0.4 is 37.8 Å². The number of hydrogen-bond donors (Lipinski definition) is 0. The summed E-state index contributed by atoms with van der Waals surface area (Å²) in [5.74, 6) is -71.4. The fourth-order valence-corrected chi connectivity index (χ4v) is 9.77. The predicted octanol–water partition coefficient (Wildman–Crippen LogP) is 9.02. The van der Waals surface area contributed by atoms with Gasteiger partial charge >= 0.3 is 0 Å². The third-order valence-corrected chi connectivity index (χ3v) is 12.6. The first-order chi connectivity index (χ1) is 30.2. The SMILES string of the molecule is Fc1c(F)c(F)c([B-](c2c(F)c(F)c(F)c(F)c2F)(c2c(F)c(F)c(F)c(F)c2F)c2c(F)c(F)c(F)c(F)c2F)c(F)c1F.c1ccc([PH+](c2ccccc2)c2ccccc2)cc1. The van der Waals surface area contributed by atoms with Crippen LogP contribution in [0.2, 0.25) is 0 Å². The molecule has 0 unspecified atom stereocenters. The fourth-order valence-electron chi connectivity index (χ4n) is 7.19. The Bertz CT molecular complexity index is 2460. The van der Waals surface area contributed by atoms with Gasteiger partial charge in [-0.15, -0.1) is 21.9 Å². The van der Waals surface area contributed by atoms with E-state index in [1.165, 1.54) is 15.9 Å². The Balaban J connectivity index is 0.000000295. The molecule has 0 spiro atoms. The molecule has 7 aromatic carbocycles. The van der Waals surface area contributed by atoms with Gasteiger partial charge in [-0.1, -0.05) is 54.6 Å². The van der Waals surface area contributed by atoms with Crippen molar-refractivity contribution in [2.45, 2.75) is 0 Å². The summed E-state index contributed by atoms with van der Waals surface area (Å²) in [6, 6.07) is 32.5. The van der Waals surface area contributed by atoms with E-state index in [1.54, 1.807) is 0 Å². The van der Waals surface area contributed by atoms with Crippen LogP contribution in [0.1, 0.15) is 0 Å². The molecule has 0 aliphatic carbocycles. The summed E-state index contributed by atoms with van der Waals surface area (Å²) in [4.78, 5) is 0. The topological polar surface area (TPSA) is 0 Å². The average molecular weight is 942 g/mol. The van der Waals surface area contributed by atoms with Gasteiger partial charge in [-0.3, -0.25) is 0 Å². The molecule has 7 aromatic rings. The fraction of sp³-hybridized carbons (Fsp3) is 0. The standard InChI is InChI=1S/C24BF20.C18H15P/c26-5-1(6(27)14(35)21(42)13(5)34)25(2-7(28)15(36)22(43)16(37)8(2)29,3-9(30)17(38)23(44)18(39)10(3)31)4-11(32)19(40)24(45)20(41)12(4)33;1-4-10-16(11-5-1)19(17-12-6-2-7-13-17)18-14-8-3-9-15-18/h;1-15H/q-1;/p+1. The first-order valence-corrected chi connectivity index (χ1v) is 18.9. The zero-order chi connectivity index (χ0) is 47.3. The minimum atomic E-state index is -7.22. The van der Waals surface area contributed by atoms with Crippen LogP contribution in [-0.2, 0) is 0 Å². The van der Waals surface area contributed by atoms with E-state index in [-0.39, 0.29) is 0 Å². The van der Waals surface area contributed by atoms with E-state index < -0.39 is 152 Å². The smallest absolute Gasteiger partial charge is 0.200 e. The maximum Gasteiger partial charge on any atom is 0.200 e. The molecular weight excluding hydrogens is 926 g/mol. The number of rotatable bonds is 7. The first-order valence-electron chi connectivity index (χ1n) is 17.4. The van der Waals surface area contributed by atoms with Crippen LogP contribution >= 0.6 is 7.92 Å². The summed E-state index contributed by atoms with van der Waals surface area (Å²) in [5.41, 5.74) is -14.3. The quantitative estimate of drug-likeness (QED) is 0.0493. The van der Waals surface area contributed by atoms with Gasteiger partial charge in [0.2, 0.25) is 0 Å². The van der Waals surface area contributed by atoms with E-state index in [0.29, 0.717) is 0 Å². The molecule has 332 valence electrons. The Morgan fingerprint density at radius 3 is 0.500 bits per heavy atom. The molecule has 0 atom stereocenters. The average Bonchev–Trinajstić information content (AvgIpc) is 3.30. The highest BCUT2D eigenvalue weighted by atomic mass is 31.1. The van der Waals surface area contributed by atoms with Gasteiger partial charge in [0.25, 0.3) is 0 Å². The van der Waals surface area contributed by atoms with Gasteiger partial charge < -0.3 is 0 Å². The number of hydrogen-bond acceptors (Lipinski definition) is 0. The van der Waals surface area contributed by atoms with Crippen LogP contribution in [0.5, 0.6) is 0 Å². The summed E-state index contributed by atoms with van der Waals surface area (Å²) in [6.07, 6.45) is -7.22. The van der Waals surface area contributed by atoms with E-state index in [0.717, 1.165) is 0 Å². The molecule has 0 aliphatic heterocycles. The number of benzene rings is 7. The van der Waals surface area contributed by atoms with Crippen molar-refractivity contribution in [1.29, 1.82) is 0 Å². The lowest BCUT2D eigenvalue weighted by molar-refractivity contribution is 0.378. The highest BCUT2D eigenvalue weighted by molar-refractivity contribution is 7.79. The van der Waals surface area contributed by atoms with Crippen molar-refractivity contribution >= 4 is 51.8 Å². The molecule has 22 heteroatoms. The third kappa shape index (κ3) is 7.42. The molecule has 0 N–H and O–H groups in total. The second-order valence-electron chi connectivity index (χ2n) is 13.3. The zero-order valence-corrected chi connectivity index (χ0v) is 31.8. The van der Waals surface area contributed by atoms with Crippen LogP contribution in [0.4, 0.5) is 87.8 Å². The monoisotopic (exact) mass is 942 g/mol. The van der Waals surface area contributed by atoms with Crippen LogP contribution in [0.3, 0.4) is 0 Å². The molecule has 0 bridgehead atoms. The normalized spacial score (nSPS) is 11.6. The minimum Gasteiger partial charge on any atom is -0.207 e. The largest absolute Gasteiger partial charge is 0.207 e. The molecule has 64 heavy (non-hydrogen) atoms. The van der Waals surface area contributed by atoms with Gasteiger partial charge in [-0.25, -0.2) is 87.8 Å². The summed E-state index contributed by atoms with van der Waals surface area (Å²) in [7, 11) is -0.877. The van der Waals surface area contributed by atoms with Gasteiger partial charge in [-0.05, 0) is 36.4 Å². The van der Waals surface area contributed by atoms with Crippen LogP contribution in [-0.4, -0.2) is 6.15 Å². The summed E-state index contributed by atoms with van der Waals surface area (Å²) >= 11 is 0. The highest BCUT2D eigenvalue weighted by Crippen LogP contribution is 2.33. The summed E-state index contributed by atoms with van der Waals surface area (Å²) in [6.45, 7) is 0. The Kier molecular flexibility index (Phi) is 13.3. The Hall–Kier alpha value is -6.37. The van der Waals surface area contributed by atoms with Crippen molar-refractivity contribution in [1.82, 2.24) is 0 Å². The molecule has 0 fully saturated rings. The van der Waals surface area contributed by atoms with Crippen LogP contribution in [0.15, 0.2) is 91.0 Å². The Morgan fingerprint density at radius 2 is 0.344 bits per heavy atom. The van der Waals surface area contributed by atoms with E-state index in [9.17, 15) is 52.7 Å². The van der Waals surface area contributed by atoms with Gasteiger partial charge in [0, 0.05) is 0 Å². The maximum atomic E-state index is 15.4. The van der Waals surface area contributed by atoms with Gasteiger partial charge in [0.1, 0.15) is 68.6 Å².